The fraction of sp³-hybridized carbons (Fsp3) is 0.190. The number of anilines is 1. The van der Waals surface area contributed by atoms with Gasteiger partial charge in [-0.3, -0.25) is 4.79 Å². The van der Waals surface area contributed by atoms with Crippen LogP contribution in [-0.2, 0) is 6.54 Å². The molecule has 0 spiro atoms. The number of halogens is 2. The van der Waals surface area contributed by atoms with E-state index in [1.54, 1.807) is 41.5 Å². The van der Waals surface area contributed by atoms with Crippen molar-refractivity contribution in [3.05, 3.63) is 75.9 Å². The van der Waals surface area contributed by atoms with Gasteiger partial charge >= 0.3 is 0 Å². The molecule has 150 valence electrons. The third kappa shape index (κ3) is 4.44. The van der Waals surface area contributed by atoms with Gasteiger partial charge in [0.25, 0.3) is 5.91 Å². The molecule has 0 aliphatic rings. The number of carbonyl (C=O) groups is 1. The zero-order valence-corrected chi connectivity index (χ0v) is 17.8. The number of carbonyl (C=O) groups excluding carboxylic acids is 1. The monoisotopic (exact) mass is 430 g/mol. The van der Waals surface area contributed by atoms with Crippen LogP contribution in [-0.4, -0.2) is 20.7 Å². The van der Waals surface area contributed by atoms with E-state index in [2.05, 4.69) is 15.4 Å². The van der Waals surface area contributed by atoms with E-state index in [0.29, 0.717) is 39.0 Å². The summed E-state index contributed by atoms with van der Waals surface area (Å²) in [4.78, 5) is 17.1. The van der Waals surface area contributed by atoms with Crippen LogP contribution in [0.3, 0.4) is 0 Å². The standard InChI is InChI=1S/C19H14Cl2N4O2.C2H6/c1-11-16-17(21)15(19(26)23-14-4-2-13(20)3-5-14)8-22-18(16)25(24-11)9-12-6-7-27-10-12;1-2/h2-8,10H,9H2,1H3,(H,23,26);1-2H3. The molecule has 0 aliphatic heterocycles. The normalized spacial score (nSPS) is 10.5. The van der Waals surface area contributed by atoms with Crippen molar-refractivity contribution in [2.45, 2.75) is 27.3 Å². The molecule has 0 atom stereocenters. The number of pyridine rings is 1. The maximum Gasteiger partial charge on any atom is 0.258 e. The number of nitrogens with zero attached hydrogens (tertiary/aromatic N) is 3. The van der Waals surface area contributed by atoms with E-state index in [9.17, 15) is 4.79 Å². The van der Waals surface area contributed by atoms with Crippen molar-refractivity contribution in [1.82, 2.24) is 14.8 Å². The highest BCUT2D eigenvalue weighted by Gasteiger charge is 2.19. The second kappa shape index (κ2) is 9.11. The molecule has 8 heteroatoms. The second-order valence-electron chi connectivity index (χ2n) is 6.02. The van der Waals surface area contributed by atoms with Crippen LogP contribution >= 0.6 is 23.2 Å². The first-order valence-corrected chi connectivity index (χ1v) is 9.88. The molecular formula is C21H20Cl2N4O2. The summed E-state index contributed by atoms with van der Waals surface area (Å²) in [5, 5.41) is 8.86. The van der Waals surface area contributed by atoms with Crippen molar-refractivity contribution in [2.75, 3.05) is 5.32 Å². The van der Waals surface area contributed by atoms with E-state index < -0.39 is 0 Å². The smallest absolute Gasteiger partial charge is 0.258 e. The number of hydrogen-bond donors (Lipinski definition) is 1. The average molecular weight is 431 g/mol. The fourth-order valence-electron chi connectivity index (χ4n) is 2.83. The molecule has 4 aromatic rings. The van der Waals surface area contributed by atoms with Crippen molar-refractivity contribution in [3.8, 4) is 0 Å². The number of benzene rings is 1. The zero-order chi connectivity index (χ0) is 21.0. The highest BCUT2D eigenvalue weighted by atomic mass is 35.5. The number of amides is 1. The molecule has 0 saturated carbocycles. The molecule has 0 radical (unpaired) electrons. The van der Waals surface area contributed by atoms with Gasteiger partial charge in [-0.25, -0.2) is 9.67 Å². The number of fused-ring (bicyclic) bond motifs is 1. The highest BCUT2D eigenvalue weighted by Crippen LogP contribution is 2.29. The van der Waals surface area contributed by atoms with Gasteiger partial charge in [0.1, 0.15) is 0 Å². The number of furan rings is 1. The first-order valence-electron chi connectivity index (χ1n) is 9.12. The third-order valence-corrected chi connectivity index (χ3v) is 4.78. The van der Waals surface area contributed by atoms with Crippen LogP contribution in [0.25, 0.3) is 11.0 Å². The summed E-state index contributed by atoms with van der Waals surface area (Å²) in [5.41, 5.74) is 3.17. The number of hydrogen-bond acceptors (Lipinski definition) is 4. The lowest BCUT2D eigenvalue weighted by molar-refractivity contribution is 0.102. The second-order valence-corrected chi connectivity index (χ2v) is 6.83. The van der Waals surface area contributed by atoms with E-state index in [1.807, 2.05) is 26.8 Å². The van der Waals surface area contributed by atoms with E-state index >= 15 is 0 Å². The molecule has 0 saturated heterocycles. The summed E-state index contributed by atoms with van der Waals surface area (Å²) < 4.78 is 6.83. The van der Waals surface area contributed by atoms with Gasteiger partial charge in [0.05, 0.1) is 40.7 Å². The molecule has 1 amide bonds. The van der Waals surface area contributed by atoms with Gasteiger partial charge in [-0.1, -0.05) is 37.0 Å². The van der Waals surface area contributed by atoms with Crippen LogP contribution in [0.5, 0.6) is 0 Å². The maximum absolute atomic E-state index is 12.6. The van der Waals surface area contributed by atoms with Gasteiger partial charge in [-0.2, -0.15) is 5.10 Å². The first kappa shape index (κ1) is 20.9. The molecule has 29 heavy (non-hydrogen) atoms. The predicted octanol–water partition coefficient (Wildman–Crippen LogP) is 5.97. The van der Waals surface area contributed by atoms with E-state index in [4.69, 9.17) is 27.6 Å². The lowest BCUT2D eigenvalue weighted by Crippen LogP contribution is -2.13. The molecule has 4 rings (SSSR count). The van der Waals surface area contributed by atoms with Crippen LogP contribution in [0.4, 0.5) is 5.69 Å². The average Bonchev–Trinajstić information content (AvgIpc) is 3.34. The van der Waals surface area contributed by atoms with E-state index in [0.717, 1.165) is 5.56 Å². The molecule has 0 unspecified atom stereocenters. The van der Waals surface area contributed by atoms with Gasteiger partial charge in [-0.15, -0.1) is 0 Å². The maximum atomic E-state index is 12.6. The highest BCUT2D eigenvalue weighted by molar-refractivity contribution is 6.39. The molecule has 1 aromatic carbocycles. The Morgan fingerprint density at radius 3 is 2.55 bits per heavy atom. The van der Waals surface area contributed by atoms with Gasteiger partial charge in [-0.05, 0) is 37.3 Å². The van der Waals surface area contributed by atoms with Crippen LogP contribution in [0.15, 0.2) is 53.5 Å². The zero-order valence-electron chi connectivity index (χ0n) is 16.2. The largest absolute Gasteiger partial charge is 0.472 e. The summed E-state index contributed by atoms with van der Waals surface area (Å²) in [7, 11) is 0. The summed E-state index contributed by atoms with van der Waals surface area (Å²) in [6.45, 7) is 6.34. The Bertz CT molecular complexity index is 1120. The Hall–Kier alpha value is -2.83. The summed E-state index contributed by atoms with van der Waals surface area (Å²) in [6.07, 6.45) is 4.72. The number of aryl methyl sites for hydroxylation is 1. The molecule has 0 aliphatic carbocycles. The Morgan fingerprint density at radius 2 is 1.90 bits per heavy atom. The van der Waals surface area contributed by atoms with Gasteiger partial charge in [0.2, 0.25) is 0 Å². The minimum atomic E-state index is -0.348. The van der Waals surface area contributed by atoms with E-state index in [1.165, 1.54) is 6.20 Å². The van der Waals surface area contributed by atoms with Gasteiger partial charge in [0.15, 0.2) is 5.65 Å². The molecule has 0 fully saturated rings. The van der Waals surface area contributed by atoms with Crippen LogP contribution < -0.4 is 5.32 Å². The fourth-order valence-corrected chi connectivity index (χ4v) is 3.31. The molecule has 3 aromatic heterocycles. The summed E-state index contributed by atoms with van der Waals surface area (Å²) in [6, 6.07) is 8.69. The molecule has 3 heterocycles. The Morgan fingerprint density at radius 1 is 1.17 bits per heavy atom. The molecule has 0 bridgehead atoms. The van der Waals surface area contributed by atoms with Gasteiger partial charge < -0.3 is 9.73 Å². The Balaban J connectivity index is 0.00000117. The lowest BCUT2D eigenvalue weighted by Gasteiger charge is -2.08. The Kier molecular flexibility index (Phi) is 6.56. The first-order chi connectivity index (χ1) is 14.0. The number of aromatic nitrogens is 3. The molecular weight excluding hydrogens is 411 g/mol. The van der Waals surface area contributed by atoms with Crippen LogP contribution in [0, 0.1) is 6.92 Å². The minimum absolute atomic E-state index is 0.282. The summed E-state index contributed by atoms with van der Waals surface area (Å²) >= 11 is 12.4. The van der Waals surface area contributed by atoms with Crippen molar-refractivity contribution < 1.29 is 9.21 Å². The summed E-state index contributed by atoms with van der Waals surface area (Å²) in [5.74, 6) is -0.348. The number of nitrogens with one attached hydrogen (secondary N) is 1. The van der Waals surface area contributed by atoms with Crippen molar-refractivity contribution in [3.63, 3.8) is 0 Å². The van der Waals surface area contributed by atoms with Crippen molar-refractivity contribution in [1.29, 1.82) is 0 Å². The Labute approximate surface area is 178 Å². The topological polar surface area (TPSA) is 73.0 Å². The minimum Gasteiger partial charge on any atom is -0.472 e. The van der Waals surface area contributed by atoms with E-state index in [-0.39, 0.29) is 11.5 Å². The van der Waals surface area contributed by atoms with Crippen molar-refractivity contribution in [2.24, 2.45) is 0 Å². The van der Waals surface area contributed by atoms with Crippen molar-refractivity contribution >= 4 is 45.8 Å². The van der Waals surface area contributed by atoms with Crippen LogP contribution in [0.2, 0.25) is 10.0 Å². The quantitative estimate of drug-likeness (QED) is 0.432. The predicted molar refractivity (Wildman–Crippen MR) is 116 cm³/mol. The SMILES string of the molecule is CC.Cc1nn(Cc2ccoc2)c2ncc(C(=O)Nc3ccc(Cl)cc3)c(Cl)c12. The van der Waals surface area contributed by atoms with Gasteiger partial charge in [0, 0.05) is 22.5 Å². The molecule has 6 nitrogen and oxygen atoms in total. The lowest BCUT2D eigenvalue weighted by atomic mass is 10.2. The molecule has 1 N–H and O–H groups in total. The number of rotatable bonds is 4. The third-order valence-electron chi connectivity index (χ3n) is 4.13. The van der Waals surface area contributed by atoms with Crippen LogP contribution in [0.1, 0.15) is 35.5 Å².